The number of aryl methyl sites for hydroxylation is 1. The van der Waals surface area contributed by atoms with Gasteiger partial charge in [0.25, 0.3) is 0 Å². The van der Waals surface area contributed by atoms with Gasteiger partial charge in [0.2, 0.25) is 0 Å². The summed E-state index contributed by atoms with van der Waals surface area (Å²) in [5.41, 5.74) is 1.67. The lowest BCUT2D eigenvalue weighted by atomic mass is 10.0. The number of rotatable bonds is 9. The summed E-state index contributed by atoms with van der Waals surface area (Å²) in [6.45, 7) is 2.23. The fraction of sp³-hybridized carbons (Fsp3) is 0.562. The Morgan fingerprint density at radius 3 is 2.47 bits per heavy atom. The molecule has 3 heteroatoms. The van der Waals surface area contributed by atoms with Gasteiger partial charge < -0.3 is 5.11 Å². The van der Waals surface area contributed by atoms with Crippen LogP contribution in [0.3, 0.4) is 0 Å². The van der Waals surface area contributed by atoms with Gasteiger partial charge in [0, 0.05) is 4.90 Å². The number of carboxylic acid groups (broad SMARTS) is 1. The molecule has 0 saturated heterocycles. The van der Waals surface area contributed by atoms with Gasteiger partial charge in [-0.1, -0.05) is 45.1 Å². The van der Waals surface area contributed by atoms with Crippen molar-refractivity contribution in [3.05, 3.63) is 29.3 Å². The molecule has 0 aliphatic heterocycles. The fourth-order valence-corrected chi connectivity index (χ4v) is 2.82. The van der Waals surface area contributed by atoms with Crippen molar-refractivity contribution < 1.29 is 9.90 Å². The van der Waals surface area contributed by atoms with Gasteiger partial charge in [0.05, 0.1) is 5.56 Å². The van der Waals surface area contributed by atoms with E-state index in [-0.39, 0.29) is 0 Å². The standard InChI is InChI=1S/C16H24O2S/c1-3-4-5-6-7-8-9-13-10-11-14(16(17)18)15(12-13)19-2/h10-12H,3-9H2,1-2H3,(H,17,18). The number of carboxylic acids is 1. The molecule has 1 aromatic rings. The Labute approximate surface area is 120 Å². The Balaban J connectivity index is 2.44. The van der Waals surface area contributed by atoms with Crippen molar-refractivity contribution >= 4 is 17.7 Å². The highest BCUT2D eigenvalue weighted by Gasteiger charge is 2.09. The zero-order valence-electron chi connectivity index (χ0n) is 11.9. The second-order valence-electron chi connectivity index (χ2n) is 4.86. The maximum Gasteiger partial charge on any atom is 0.336 e. The van der Waals surface area contributed by atoms with Gasteiger partial charge in [-0.25, -0.2) is 4.79 Å². The lowest BCUT2D eigenvalue weighted by Gasteiger charge is -2.07. The molecular weight excluding hydrogens is 256 g/mol. The molecule has 1 aromatic carbocycles. The van der Waals surface area contributed by atoms with Crippen LogP contribution < -0.4 is 0 Å². The second kappa shape index (κ2) is 9.03. The molecule has 0 heterocycles. The highest BCUT2D eigenvalue weighted by atomic mass is 32.2. The van der Waals surface area contributed by atoms with Crippen LogP contribution >= 0.6 is 11.8 Å². The smallest absolute Gasteiger partial charge is 0.336 e. The summed E-state index contributed by atoms with van der Waals surface area (Å²) >= 11 is 1.51. The minimum atomic E-state index is -0.838. The molecule has 19 heavy (non-hydrogen) atoms. The van der Waals surface area contributed by atoms with Crippen LogP contribution in [0, 0.1) is 0 Å². The van der Waals surface area contributed by atoms with Crippen molar-refractivity contribution in [2.75, 3.05) is 6.26 Å². The van der Waals surface area contributed by atoms with Crippen molar-refractivity contribution in [3.63, 3.8) is 0 Å². The lowest BCUT2D eigenvalue weighted by Crippen LogP contribution is -1.99. The van der Waals surface area contributed by atoms with Crippen LogP contribution in [-0.4, -0.2) is 17.3 Å². The van der Waals surface area contributed by atoms with Crippen molar-refractivity contribution in [1.29, 1.82) is 0 Å². The third-order valence-corrected chi connectivity index (χ3v) is 4.09. The number of hydrogen-bond donors (Lipinski definition) is 1. The first-order valence-electron chi connectivity index (χ1n) is 7.09. The Hall–Kier alpha value is -0.960. The topological polar surface area (TPSA) is 37.3 Å². The largest absolute Gasteiger partial charge is 0.478 e. The number of aromatic carboxylic acids is 1. The highest BCUT2D eigenvalue weighted by Crippen LogP contribution is 2.23. The number of hydrogen-bond acceptors (Lipinski definition) is 2. The molecule has 1 N–H and O–H groups in total. The molecule has 0 bridgehead atoms. The zero-order valence-corrected chi connectivity index (χ0v) is 12.8. The van der Waals surface area contributed by atoms with Crippen LogP contribution in [0.4, 0.5) is 0 Å². The third kappa shape index (κ3) is 5.68. The average Bonchev–Trinajstić information content (AvgIpc) is 2.42. The summed E-state index contributed by atoms with van der Waals surface area (Å²) in [5, 5.41) is 9.07. The van der Waals surface area contributed by atoms with E-state index in [1.54, 1.807) is 6.07 Å². The molecule has 0 amide bonds. The van der Waals surface area contributed by atoms with E-state index in [0.717, 1.165) is 11.3 Å². The van der Waals surface area contributed by atoms with Gasteiger partial charge in [-0.3, -0.25) is 0 Å². The van der Waals surface area contributed by atoms with E-state index in [1.165, 1.54) is 55.9 Å². The number of thioether (sulfide) groups is 1. The lowest BCUT2D eigenvalue weighted by molar-refractivity contribution is 0.0693. The van der Waals surface area contributed by atoms with Crippen LogP contribution in [0.5, 0.6) is 0 Å². The molecule has 0 radical (unpaired) electrons. The number of benzene rings is 1. The molecular formula is C16H24O2S. The summed E-state index contributed by atoms with van der Waals surface area (Å²) < 4.78 is 0. The predicted octanol–water partition coefficient (Wildman–Crippen LogP) is 5.01. The van der Waals surface area contributed by atoms with Gasteiger partial charge in [0.1, 0.15) is 0 Å². The Morgan fingerprint density at radius 2 is 1.84 bits per heavy atom. The van der Waals surface area contributed by atoms with Crippen molar-refractivity contribution in [2.45, 2.75) is 56.8 Å². The summed E-state index contributed by atoms with van der Waals surface area (Å²) in [4.78, 5) is 11.9. The van der Waals surface area contributed by atoms with E-state index in [2.05, 4.69) is 6.92 Å². The second-order valence-corrected chi connectivity index (χ2v) is 5.71. The van der Waals surface area contributed by atoms with Crippen molar-refractivity contribution in [1.82, 2.24) is 0 Å². The van der Waals surface area contributed by atoms with Crippen LogP contribution in [0.1, 0.15) is 61.4 Å². The van der Waals surface area contributed by atoms with E-state index < -0.39 is 5.97 Å². The van der Waals surface area contributed by atoms with E-state index in [9.17, 15) is 4.79 Å². The van der Waals surface area contributed by atoms with E-state index in [0.29, 0.717) is 5.56 Å². The molecule has 0 atom stereocenters. The van der Waals surface area contributed by atoms with E-state index in [1.807, 2.05) is 18.4 Å². The molecule has 0 saturated carbocycles. The maximum atomic E-state index is 11.0. The fourth-order valence-electron chi connectivity index (χ4n) is 2.18. The highest BCUT2D eigenvalue weighted by molar-refractivity contribution is 7.98. The van der Waals surface area contributed by atoms with Gasteiger partial charge in [-0.15, -0.1) is 11.8 Å². The average molecular weight is 280 g/mol. The van der Waals surface area contributed by atoms with Crippen LogP contribution in [-0.2, 0) is 6.42 Å². The molecule has 0 aliphatic carbocycles. The van der Waals surface area contributed by atoms with Gasteiger partial charge in [0.15, 0.2) is 0 Å². The van der Waals surface area contributed by atoms with Gasteiger partial charge >= 0.3 is 5.97 Å². The summed E-state index contributed by atoms with van der Waals surface area (Å²) in [7, 11) is 0. The molecule has 106 valence electrons. The quantitative estimate of drug-likeness (QED) is 0.510. The molecule has 2 nitrogen and oxygen atoms in total. The minimum absolute atomic E-state index is 0.416. The first-order chi connectivity index (χ1) is 9.19. The zero-order chi connectivity index (χ0) is 14.1. The predicted molar refractivity (Wildman–Crippen MR) is 82.3 cm³/mol. The molecule has 0 unspecified atom stereocenters. The van der Waals surface area contributed by atoms with Gasteiger partial charge in [-0.05, 0) is 36.8 Å². The summed E-state index contributed by atoms with van der Waals surface area (Å²) in [5.74, 6) is -0.838. The third-order valence-electron chi connectivity index (χ3n) is 3.32. The van der Waals surface area contributed by atoms with Crippen molar-refractivity contribution in [2.24, 2.45) is 0 Å². The van der Waals surface area contributed by atoms with Crippen molar-refractivity contribution in [3.8, 4) is 0 Å². The number of unbranched alkanes of at least 4 members (excludes halogenated alkanes) is 5. The molecule has 0 fully saturated rings. The van der Waals surface area contributed by atoms with Crippen LogP contribution in [0.2, 0.25) is 0 Å². The SMILES string of the molecule is CCCCCCCCc1ccc(C(=O)O)c(SC)c1. The van der Waals surface area contributed by atoms with Gasteiger partial charge in [-0.2, -0.15) is 0 Å². The first kappa shape index (κ1) is 16.1. The molecule has 1 rings (SSSR count). The monoisotopic (exact) mass is 280 g/mol. The Bertz CT molecular complexity index is 402. The first-order valence-corrected chi connectivity index (χ1v) is 8.31. The molecule has 0 aliphatic rings. The summed E-state index contributed by atoms with van der Waals surface area (Å²) in [6.07, 6.45) is 10.7. The van der Waals surface area contributed by atoms with Crippen LogP contribution in [0.15, 0.2) is 23.1 Å². The minimum Gasteiger partial charge on any atom is -0.478 e. The molecule has 0 aromatic heterocycles. The molecule has 0 spiro atoms. The van der Waals surface area contributed by atoms with E-state index >= 15 is 0 Å². The Kier molecular flexibility index (Phi) is 7.65. The Morgan fingerprint density at radius 1 is 1.16 bits per heavy atom. The normalized spacial score (nSPS) is 10.6. The maximum absolute atomic E-state index is 11.0. The summed E-state index contributed by atoms with van der Waals surface area (Å²) in [6, 6.07) is 5.72. The number of carbonyl (C=O) groups is 1. The van der Waals surface area contributed by atoms with Crippen LogP contribution in [0.25, 0.3) is 0 Å². The van der Waals surface area contributed by atoms with E-state index in [4.69, 9.17) is 5.11 Å².